The van der Waals surface area contributed by atoms with Crippen LogP contribution >= 0.6 is 0 Å². The lowest BCUT2D eigenvalue weighted by molar-refractivity contribution is 0.414. The molecule has 2 aliphatic rings. The Kier molecular flexibility index (Phi) is 3.76. The second-order valence-corrected chi connectivity index (χ2v) is 7.29. The van der Waals surface area contributed by atoms with Crippen molar-refractivity contribution >= 4 is 17.0 Å². The zero-order valence-corrected chi connectivity index (χ0v) is 15.0. The van der Waals surface area contributed by atoms with Crippen molar-refractivity contribution in [1.29, 1.82) is 0 Å². The molecule has 1 aliphatic carbocycles. The Morgan fingerprint density at radius 2 is 1.73 bits per heavy atom. The molecule has 3 aromatic rings. The number of hydrogen-bond donors (Lipinski definition) is 0. The maximum Gasteiger partial charge on any atom is 0.165 e. The Balaban J connectivity index is 1.34. The van der Waals surface area contributed by atoms with Crippen LogP contribution < -0.4 is 9.64 Å². The van der Waals surface area contributed by atoms with Gasteiger partial charge in [-0.2, -0.15) is 0 Å². The van der Waals surface area contributed by atoms with Gasteiger partial charge in [-0.15, -0.1) is 0 Å². The molecule has 1 aliphatic heterocycles. The summed E-state index contributed by atoms with van der Waals surface area (Å²) in [7, 11) is 1.71. The van der Waals surface area contributed by atoms with Crippen LogP contribution in [0.25, 0.3) is 11.2 Å². The molecule has 0 N–H and O–H groups in total. The van der Waals surface area contributed by atoms with Gasteiger partial charge >= 0.3 is 0 Å². The number of ether oxygens (including phenoxy) is 1. The number of aromatic nitrogens is 4. The monoisotopic (exact) mass is 349 g/mol. The summed E-state index contributed by atoms with van der Waals surface area (Å²) >= 11 is 0. The van der Waals surface area contributed by atoms with Gasteiger partial charge in [0.05, 0.1) is 13.4 Å². The van der Waals surface area contributed by atoms with Gasteiger partial charge in [-0.05, 0) is 49.3 Å². The van der Waals surface area contributed by atoms with E-state index in [0.29, 0.717) is 12.0 Å². The number of piperidine rings is 1. The minimum absolute atomic E-state index is 0.587. The van der Waals surface area contributed by atoms with Crippen molar-refractivity contribution in [3.05, 3.63) is 42.5 Å². The van der Waals surface area contributed by atoms with E-state index in [1.165, 1.54) is 18.4 Å². The fraction of sp³-hybridized carbons (Fsp3) is 0.450. The molecule has 0 radical (unpaired) electrons. The van der Waals surface area contributed by atoms with Crippen molar-refractivity contribution in [2.75, 3.05) is 25.1 Å². The maximum atomic E-state index is 5.26. The number of hydrogen-bond acceptors (Lipinski definition) is 5. The van der Waals surface area contributed by atoms with Gasteiger partial charge in [0.2, 0.25) is 0 Å². The summed E-state index contributed by atoms with van der Waals surface area (Å²) in [5.41, 5.74) is 3.33. The van der Waals surface area contributed by atoms with Crippen LogP contribution in [0.3, 0.4) is 0 Å². The Labute approximate surface area is 152 Å². The number of imidazole rings is 1. The fourth-order valence-corrected chi connectivity index (χ4v) is 3.99. The van der Waals surface area contributed by atoms with Gasteiger partial charge < -0.3 is 14.2 Å². The molecule has 0 spiro atoms. The highest BCUT2D eigenvalue weighted by atomic mass is 16.5. The van der Waals surface area contributed by atoms with Gasteiger partial charge in [-0.1, -0.05) is 12.1 Å². The van der Waals surface area contributed by atoms with Gasteiger partial charge in [-0.3, -0.25) is 0 Å². The predicted molar refractivity (Wildman–Crippen MR) is 101 cm³/mol. The van der Waals surface area contributed by atoms with E-state index in [1.807, 2.05) is 6.33 Å². The van der Waals surface area contributed by atoms with Crippen molar-refractivity contribution < 1.29 is 4.74 Å². The van der Waals surface area contributed by atoms with Crippen LogP contribution in [0.5, 0.6) is 5.75 Å². The molecule has 2 aromatic heterocycles. The third kappa shape index (κ3) is 2.69. The van der Waals surface area contributed by atoms with E-state index in [0.717, 1.165) is 48.7 Å². The molecule has 0 amide bonds. The summed E-state index contributed by atoms with van der Waals surface area (Å²) in [5.74, 6) is 2.50. The molecule has 5 rings (SSSR count). The molecular weight excluding hydrogens is 326 g/mol. The second kappa shape index (κ2) is 6.27. The predicted octanol–water partition coefficient (Wildman–Crippen LogP) is 3.55. The fourth-order valence-electron chi connectivity index (χ4n) is 3.99. The lowest BCUT2D eigenvalue weighted by atomic mass is 9.89. The second-order valence-electron chi connectivity index (χ2n) is 7.29. The molecule has 1 saturated carbocycles. The first-order valence-corrected chi connectivity index (χ1v) is 9.40. The minimum Gasteiger partial charge on any atom is -0.497 e. The Morgan fingerprint density at radius 1 is 0.962 bits per heavy atom. The van der Waals surface area contributed by atoms with E-state index in [-0.39, 0.29) is 0 Å². The molecule has 1 aromatic carbocycles. The van der Waals surface area contributed by atoms with Crippen molar-refractivity contribution in [2.45, 2.75) is 37.6 Å². The highest BCUT2D eigenvalue weighted by molar-refractivity contribution is 5.83. The Morgan fingerprint density at radius 3 is 2.42 bits per heavy atom. The molecule has 26 heavy (non-hydrogen) atoms. The number of rotatable bonds is 4. The summed E-state index contributed by atoms with van der Waals surface area (Å²) in [6.45, 7) is 2.00. The van der Waals surface area contributed by atoms with Crippen LogP contribution in [-0.4, -0.2) is 39.7 Å². The smallest absolute Gasteiger partial charge is 0.165 e. The highest BCUT2D eigenvalue weighted by Gasteiger charge is 2.28. The number of methoxy groups -OCH3 is 1. The number of anilines is 1. The van der Waals surface area contributed by atoms with Crippen molar-refractivity contribution in [2.24, 2.45) is 0 Å². The van der Waals surface area contributed by atoms with Crippen molar-refractivity contribution in [3.63, 3.8) is 0 Å². The SMILES string of the molecule is COc1ccc(C2CCN(c3ncnc4c3ncn4C3CC3)CC2)cc1. The normalized spacial score (nSPS) is 18.4. The van der Waals surface area contributed by atoms with Gasteiger partial charge in [0.15, 0.2) is 17.0 Å². The quantitative estimate of drug-likeness (QED) is 0.721. The Bertz CT molecular complexity index is 908. The van der Waals surface area contributed by atoms with Crippen molar-refractivity contribution in [1.82, 2.24) is 19.5 Å². The highest BCUT2D eigenvalue weighted by Crippen LogP contribution is 2.38. The Hall–Kier alpha value is -2.63. The number of fused-ring (bicyclic) bond motifs is 1. The first-order chi connectivity index (χ1) is 12.8. The lowest BCUT2D eigenvalue weighted by Crippen LogP contribution is -2.33. The molecule has 0 atom stereocenters. The summed E-state index contributed by atoms with van der Waals surface area (Å²) in [6.07, 6.45) is 8.34. The molecule has 134 valence electrons. The summed E-state index contributed by atoms with van der Waals surface area (Å²) in [5, 5.41) is 0. The third-order valence-corrected chi connectivity index (χ3v) is 5.66. The van der Waals surface area contributed by atoms with Crippen LogP contribution in [-0.2, 0) is 0 Å². The first-order valence-electron chi connectivity index (χ1n) is 9.40. The molecular formula is C20H23N5O. The topological polar surface area (TPSA) is 56.1 Å². The van der Waals surface area contributed by atoms with E-state index in [2.05, 4.69) is 48.7 Å². The number of benzene rings is 1. The van der Waals surface area contributed by atoms with E-state index in [4.69, 9.17) is 4.74 Å². The molecule has 0 bridgehead atoms. The largest absolute Gasteiger partial charge is 0.497 e. The zero-order valence-electron chi connectivity index (χ0n) is 15.0. The summed E-state index contributed by atoms with van der Waals surface area (Å²) < 4.78 is 7.48. The molecule has 3 heterocycles. The standard InChI is InChI=1S/C20H23N5O/c1-26-17-6-2-14(3-7-17)15-8-10-24(11-9-15)19-18-20(22-12-21-19)25(13-23-18)16-4-5-16/h2-3,6-7,12-13,15-16H,4-5,8-11H2,1H3. The molecule has 6 nitrogen and oxygen atoms in total. The molecule has 0 unspecified atom stereocenters. The molecule has 2 fully saturated rings. The molecule has 1 saturated heterocycles. The lowest BCUT2D eigenvalue weighted by Gasteiger charge is -2.33. The zero-order chi connectivity index (χ0) is 17.5. The van der Waals surface area contributed by atoms with Gasteiger partial charge in [0, 0.05) is 19.1 Å². The molecule has 6 heteroatoms. The summed E-state index contributed by atoms with van der Waals surface area (Å²) in [6, 6.07) is 9.09. The van der Waals surface area contributed by atoms with E-state index in [9.17, 15) is 0 Å². The van der Waals surface area contributed by atoms with Crippen LogP contribution in [0.15, 0.2) is 36.9 Å². The van der Waals surface area contributed by atoms with Gasteiger partial charge in [0.1, 0.15) is 12.1 Å². The average molecular weight is 349 g/mol. The van der Waals surface area contributed by atoms with Crippen LogP contribution in [0.2, 0.25) is 0 Å². The van der Waals surface area contributed by atoms with E-state index >= 15 is 0 Å². The van der Waals surface area contributed by atoms with Gasteiger partial charge in [-0.25, -0.2) is 15.0 Å². The summed E-state index contributed by atoms with van der Waals surface area (Å²) in [4.78, 5) is 16.1. The minimum atomic E-state index is 0.587. The average Bonchev–Trinajstić information content (AvgIpc) is 3.46. The van der Waals surface area contributed by atoms with Gasteiger partial charge in [0.25, 0.3) is 0 Å². The number of nitrogens with zero attached hydrogens (tertiary/aromatic N) is 5. The van der Waals surface area contributed by atoms with Crippen LogP contribution in [0.4, 0.5) is 5.82 Å². The maximum absolute atomic E-state index is 5.26. The van der Waals surface area contributed by atoms with Crippen LogP contribution in [0, 0.1) is 0 Å². The van der Waals surface area contributed by atoms with Crippen LogP contribution in [0.1, 0.15) is 43.2 Å². The van der Waals surface area contributed by atoms with E-state index in [1.54, 1.807) is 13.4 Å². The van der Waals surface area contributed by atoms with Crippen molar-refractivity contribution in [3.8, 4) is 5.75 Å². The third-order valence-electron chi connectivity index (χ3n) is 5.66. The van der Waals surface area contributed by atoms with E-state index < -0.39 is 0 Å². The first kappa shape index (κ1) is 15.6.